The van der Waals surface area contributed by atoms with Crippen LogP contribution in [0.1, 0.15) is 23.1 Å². The molecule has 2 rings (SSSR count). The molecule has 0 atom stereocenters. The maximum Gasteiger partial charge on any atom is 0.305 e. The topological polar surface area (TPSA) is 26.3 Å². The van der Waals surface area contributed by atoms with Crippen LogP contribution in [0.2, 0.25) is 0 Å². The van der Waals surface area contributed by atoms with Crippen LogP contribution in [0, 0.1) is 0 Å². The van der Waals surface area contributed by atoms with E-state index in [1.54, 1.807) is 0 Å². The van der Waals surface area contributed by atoms with E-state index in [1.807, 2.05) is 0 Å². The van der Waals surface area contributed by atoms with Gasteiger partial charge in [-0.1, -0.05) is 18.2 Å². The van der Waals surface area contributed by atoms with Gasteiger partial charge in [-0.25, -0.2) is 0 Å². The van der Waals surface area contributed by atoms with E-state index in [4.69, 9.17) is 0 Å². The Morgan fingerprint density at radius 1 is 1.36 bits per heavy atom. The van der Waals surface area contributed by atoms with E-state index in [9.17, 15) is 4.79 Å². The van der Waals surface area contributed by atoms with Gasteiger partial charge in [-0.3, -0.25) is 4.79 Å². The van der Waals surface area contributed by atoms with Crippen LogP contribution in [0.3, 0.4) is 0 Å². The number of aryl methyl sites for hydroxylation is 3. The highest BCUT2D eigenvalue weighted by molar-refractivity contribution is 5.69. The molecule has 0 aliphatic heterocycles. The van der Waals surface area contributed by atoms with Crippen LogP contribution in [0.5, 0.6) is 0 Å². The van der Waals surface area contributed by atoms with Crippen LogP contribution in [0.4, 0.5) is 0 Å². The third kappa shape index (κ3) is 1.79. The average molecular weight is 190 g/mol. The summed E-state index contributed by atoms with van der Waals surface area (Å²) >= 11 is 0. The molecular weight excluding hydrogens is 176 g/mol. The van der Waals surface area contributed by atoms with E-state index in [-0.39, 0.29) is 5.97 Å². The first-order valence-corrected chi connectivity index (χ1v) is 4.97. The molecular formula is C12H14O2. The highest BCUT2D eigenvalue weighted by Crippen LogP contribution is 2.24. The predicted molar refractivity (Wildman–Crippen MR) is 54.2 cm³/mol. The fourth-order valence-corrected chi connectivity index (χ4v) is 1.75. The maximum atomic E-state index is 10.9. The lowest BCUT2D eigenvalue weighted by Crippen LogP contribution is -2.09. The minimum Gasteiger partial charge on any atom is -0.469 e. The molecule has 2 nitrogen and oxygen atoms in total. The summed E-state index contributed by atoms with van der Waals surface area (Å²) in [5, 5.41) is 0. The second-order valence-electron chi connectivity index (χ2n) is 3.68. The number of hydrogen-bond acceptors (Lipinski definition) is 2. The van der Waals surface area contributed by atoms with Crippen molar-refractivity contribution in [3.8, 4) is 0 Å². The summed E-state index contributed by atoms with van der Waals surface area (Å²) in [5.41, 5.74) is 4.16. The number of rotatable bonds is 3. The minimum absolute atomic E-state index is 0.132. The van der Waals surface area contributed by atoms with Crippen molar-refractivity contribution >= 4 is 5.97 Å². The Morgan fingerprint density at radius 2 is 2.14 bits per heavy atom. The Labute approximate surface area is 83.9 Å². The molecule has 0 aromatic heterocycles. The molecule has 1 aromatic rings. The number of carbonyl (C=O) groups excluding carboxylic acids is 1. The molecule has 0 fully saturated rings. The predicted octanol–water partition coefficient (Wildman–Crippen LogP) is 1.89. The van der Waals surface area contributed by atoms with Gasteiger partial charge in [0, 0.05) is 6.42 Å². The van der Waals surface area contributed by atoms with Crippen LogP contribution in [0.25, 0.3) is 0 Å². The lowest BCUT2D eigenvalue weighted by molar-refractivity contribution is -0.140. The third-order valence-electron chi connectivity index (χ3n) is 2.78. The largest absolute Gasteiger partial charge is 0.469 e. The molecule has 0 heterocycles. The molecule has 1 aliphatic rings. The number of methoxy groups -OCH3 is 1. The zero-order chi connectivity index (χ0) is 9.97. The lowest BCUT2D eigenvalue weighted by atomic mass is 9.86. The maximum absolute atomic E-state index is 10.9. The second kappa shape index (κ2) is 3.82. The Hall–Kier alpha value is -1.31. The number of hydrogen-bond donors (Lipinski definition) is 0. The van der Waals surface area contributed by atoms with Crippen LogP contribution in [-0.2, 0) is 28.8 Å². The molecule has 74 valence electrons. The molecule has 0 N–H and O–H groups in total. The Bertz CT molecular complexity index is 355. The van der Waals surface area contributed by atoms with Crippen molar-refractivity contribution in [1.29, 1.82) is 0 Å². The van der Waals surface area contributed by atoms with Crippen molar-refractivity contribution in [3.63, 3.8) is 0 Å². The SMILES string of the molecule is COC(=O)CCc1ccc2c(c1)CC2. The van der Waals surface area contributed by atoms with Gasteiger partial charge in [0.15, 0.2) is 0 Å². The average Bonchev–Trinajstić information content (AvgIpc) is 2.17. The van der Waals surface area contributed by atoms with Gasteiger partial charge in [0.1, 0.15) is 0 Å². The van der Waals surface area contributed by atoms with Gasteiger partial charge >= 0.3 is 5.97 Å². The van der Waals surface area contributed by atoms with Crippen molar-refractivity contribution in [2.24, 2.45) is 0 Å². The van der Waals surface area contributed by atoms with Crippen molar-refractivity contribution < 1.29 is 9.53 Å². The molecule has 1 aliphatic carbocycles. The Kier molecular flexibility index (Phi) is 2.53. The summed E-state index contributed by atoms with van der Waals surface area (Å²) in [5.74, 6) is -0.132. The molecule has 0 saturated carbocycles. The van der Waals surface area contributed by atoms with Crippen molar-refractivity contribution in [3.05, 3.63) is 34.9 Å². The zero-order valence-corrected chi connectivity index (χ0v) is 8.38. The van der Waals surface area contributed by atoms with Gasteiger partial charge in [-0.2, -0.15) is 0 Å². The zero-order valence-electron chi connectivity index (χ0n) is 8.38. The van der Waals surface area contributed by atoms with Crippen LogP contribution >= 0.6 is 0 Å². The van der Waals surface area contributed by atoms with Crippen molar-refractivity contribution in [2.45, 2.75) is 25.7 Å². The molecule has 0 spiro atoms. The molecule has 0 unspecified atom stereocenters. The number of carbonyl (C=O) groups is 1. The molecule has 0 amide bonds. The van der Waals surface area contributed by atoms with Crippen molar-refractivity contribution in [2.75, 3.05) is 7.11 Å². The first kappa shape index (κ1) is 9.25. The van der Waals surface area contributed by atoms with Gasteiger partial charge in [0.2, 0.25) is 0 Å². The van der Waals surface area contributed by atoms with E-state index < -0.39 is 0 Å². The molecule has 0 radical (unpaired) electrons. The number of fused-ring (bicyclic) bond motifs is 1. The lowest BCUT2D eigenvalue weighted by Gasteiger charge is -2.19. The highest BCUT2D eigenvalue weighted by atomic mass is 16.5. The number of ether oxygens (including phenoxy) is 1. The first-order valence-electron chi connectivity index (χ1n) is 4.97. The van der Waals surface area contributed by atoms with Gasteiger partial charge in [-0.15, -0.1) is 0 Å². The van der Waals surface area contributed by atoms with E-state index >= 15 is 0 Å². The van der Waals surface area contributed by atoms with Gasteiger partial charge < -0.3 is 4.74 Å². The molecule has 0 saturated heterocycles. The van der Waals surface area contributed by atoms with E-state index in [0.717, 1.165) is 6.42 Å². The van der Waals surface area contributed by atoms with Gasteiger partial charge in [0.25, 0.3) is 0 Å². The smallest absolute Gasteiger partial charge is 0.305 e. The Balaban J connectivity index is 1.96. The third-order valence-corrected chi connectivity index (χ3v) is 2.78. The number of esters is 1. The molecule has 14 heavy (non-hydrogen) atoms. The van der Waals surface area contributed by atoms with Crippen LogP contribution in [0.15, 0.2) is 18.2 Å². The van der Waals surface area contributed by atoms with Gasteiger partial charge in [0.05, 0.1) is 7.11 Å². The second-order valence-corrected chi connectivity index (χ2v) is 3.68. The minimum atomic E-state index is -0.132. The fraction of sp³-hybridized carbons (Fsp3) is 0.417. The summed E-state index contributed by atoms with van der Waals surface area (Å²) in [6.07, 6.45) is 3.68. The van der Waals surface area contributed by atoms with E-state index in [0.29, 0.717) is 6.42 Å². The fourth-order valence-electron chi connectivity index (χ4n) is 1.75. The normalized spacial score (nSPS) is 12.9. The summed E-state index contributed by atoms with van der Waals surface area (Å²) in [6, 6.07) is 6.49. The molecule has 1 aromatic carbocycles. The molecule has 0 bridgehead atoms. The van der Waals surface area contributed by atoms with E-state index in [2.05, 4.69) is 22.9 Å². The monoisotopic (exact) mass is 190 g/mol. The first-order chi connectivity index (χ1) is 6.79. The molecule has 2 heteroatoms. The van der Waals surface area contributed by atoms with Gasteiger partial charge in [-0.05, 0) is 36.0 Å². The summed E-state index contributed by atoms with van der Waals surface area (Å²) in [6.45, 7) is 0. The summed E-state index contributed by atoms with van der Waals surface area (Å²) in [4.78, 5) is 10.9. The standard InChI is InChI=1S/C12H14O2/c1-14-12(13)7-3-9-2-4-10-5-6-11(10)8-9/h2,4,8H,3,5-7H2,1H3. The van der Waals surface area contributed by atoms with Crippen LogP contribution < -0.4 is 0 Å². The summed E-state index contributed by atoms with van der Waals surface area (Å²) < 4.78 is 4.60. The number of benzene rings is 1. The highest BCUT2D eigenvalue weighted by Gasteiger charge is 2.12. The Morgan fingerprint density at radius 3 is 2.71 bits per heavy atom. The van der Waals surface area contributed by atoms with E-state index in [1.165, 1.54) is 36.6 Å². The quantitative estimate of drug-likeness (QED) is 0.680. The van der Waals surface area contributed by atoms with Crippen molar-refractivity contribution in [1.82, 2.24) is 0 Å². The summed E-state index contributed by atoms with van der Waals surface area (Å²) in [7, 11) is 1.43. The van der Waals surface area contributed by atoms with Crippen LogP contribution in [-0.4, -0.2) is 13.1 Å².